The second-order valence-electron chi connectivity index (χ2n) is 9.80. The van der Waals surface area contributed by atoms with Gasteiger partial charge in [-0.05, 0) is 75.3 Å². The second kappa shape index (κ2) is 9.93. The second-order valence-corrected chi connectivity index (χ2v) is 9.80. The summed E-state index contributed by atoms with van der Waals surface area (Å²) in [6, 6.07) is 35.0. The van der Waals surface area contributed by atoms with E-state index in [2.05, 4.69) is 93.7 Å². The normalized spacial score (nSPS) is 10.9. The van der Waals surface area contributed by atoms with Crippen molar-refractivity contribution in [1.82, 2.24) is 9.97 Å². The highest BCUT2D eigenvalue weighted by Gasteiger charge is 2.11. The van der Waals surface area contributed by atoms with Gasteiger partial charge in [-0.1, -0.05) is 60.7 Å². The van der Waals surface area contributed by atoms with Crippen LogP contribution >= 0.6 is 0 Å². The lowest BCUT2D eigenvalue weighted by atomic mass is 9.98. The van der Waals surface area contributed by atoms with Crippen LogP contribution in [0.1, 0.15) is 5.56 Å². The fourth-order valence-corrected chi connectivity index (χ4v) is 5.15. The molecule has 0 atom stereocenters. The number of nitrogens with zero attached hydrogens (tertiary/aromatic N) is 4. The highest BCUT2D eigenvalue weighted by Crippen LogP contribution is 2.36. The first-order valence-electron chi connectivity index (χ1n) is 13.0. The number of pyridine rings is 2. The standard InChI is InChI=1S/C36H20N4O/c1-38-32-15-31(21-40-22-32)27-8-4-25(5-9-27)29-11-13-36-34(17-29)33-16-28(10-12-35(33)41-36)24-2-6-26(7-3-24)30-14-23(18-37)19-39-20-30/h2-17,19-22H. The molecular weight excluding hydrogens is 504 g/mol. The fourth-order valence-electron chi connectivity index (χ4n) is 5.15. The first-order valence-corrected chi connectivity index (χ1v) is 13.0. The lowest BCUT2D eigenvalue weighted by Crippen LogP contribution is -1.84. The molecule has 0 spiro atoms. The highest BCUT2D eigenvalue weighted by atomic mass is 16.3. The fraction of sp³-hybridized carbons (Fsp3) is 0. The summed E-state index contributed by atoms with van der Waals surface area (Å²) >= 11 is 0. The van der Waals surface area contributed by atoms with Crippen molar-refractivity contribution >= 4 is 27.6 Å². The smallest absolute Gasteiger partial charge is 0.205 e. The molecular formula is C36H20N4O. The number of fused-ring (bicyclic) bond motifs is 3. The number of aromatic nitrogens is 2. The Bertz CT molecular complexity index is 2010. The van der Waals surface area contributed by atoms with Crippen molar-refractivity contribution in [2.45, 2.75) is 0 Å². The molecule has 4 aromatic carbocycles. The minimum Gasteiger partial charge on any atom is -0.456 e. The summed E-state index contributed by atoms with van der Waals surface area (Å²) in [7, 11) is 0. The van der Waals surface area contributed by atoms with E-state index in [4.69, 9.17) is 11.0 Å². The molecule has 0 aliphatic rings. The maximum atomic E-state index is 9.19. The lowest BCUT2D eigenvalue weighted by molar-refractivity contribution is 0.669. The zero-order valence-electron chi connectivity index (χ0n) is 21.7. The average molecular weight is 525 g/mol. The highest BCUT2D eigenvalue weighted by molar-refractivity contribution is 6.07. The van der Waals surface area contributed by atoms with Gasteiger partial charge < -0.3 is 4.42 Å². The summed E-state index contributed by atoms with van der Waals surface area (Å²) in [6.07, 6.45) is 6.69. The zero-order valence-corrected chi connectivity index (χ0v) is 21.7. The zero-order chi connectivity index (χ0) is 27.8. The molecule has 7 rings (SSSR count). The van der Waals surface area contributed by atoms with Crippen molar-refractivity contribution in [3.05, 3.63) is 139 Å². The van der Waals surface area contributed by atoms with Gasteiger partial charge in [0.05, 0.1) is 12.1 Å². The van der Waals surface area contributed by atoms with E-state index in [-0.39, 0.29) is 0 Å². The summed E-state index contributed by atoms with van der Waals surface area (Å²) in [5.41, 5.74) is 11.0. The topological polar surface area (TPSA) is 67.1 Å². The van der Waals surface area contributed by atoms with E-state index < -0.39 is 0 Å². The van der Waals surface area contributed by atoms with E-state index in [1.165, 1.54) is 0 Å². The molecule has 3 aromatic heterocycles. The molecule has 3 heterocycles. The van der Waals surface area contributed by atoms with Crippen LogP contribution in [0.15, 0.2) is 126 Å². The van der Waals surface area contributed by atoms with E-state index in [1.807, 2.05) is 24.3 Å². The molecule has 0 N–H and O–H groups in total. The van der Waals surface area contributed by atoms with E-state index in [0.29, 0.717) is 11.3 Å². The summed E-state index contributed by atoms with van der Waals surface area (Å²) in [6.45, 7) is 7.24. The van der Waals surface area contributed by atoms with Crippen LogP contribution < -0.4 is 0 Å². The first-order chi connectivity index (χ1) is 20.2. The molecule has 0 amide bonds. The Morgan fingerprint density at radius 2 is 1.00 bits per heavy atom. The van der Waals surface area contributed by atoms with Crippen molar-refractivity contribution in [2.75, 3.05) is 0 Å². The quantitative estimate of drug-likeness (QED) is 0.215. The number of nitriles is 1. The Morgan fingerprint density at radius 3 is 1.51 bits per heavy atom. The van der Waals surface area contributed by atoms with Gasteiger partial charge in [-0.25, -0.2) is 4.85 Å². The van der Waals surface area contributed by atoms with Gasteiger partial charge in [-0.2, -0.15) is 5.26 Å². The average Bonchev–Trinajstić information content (AvgIpc) is 3.42. The monoisotopic (exact) mass is 524 g/mol. The molecule has 0 aliphatic carbocycles. The summed E-state index contributed by atoms with van der Waals surface area (Å²) < 4.78 is 6.17. The third-order valence-corrected chi connectivity index (χ3v) is 7.29. The molecule has 5 heteroatoms. The minimum atomic E-state index is 0.530. The summed E-state index contributed by atoms with van der Waals surface area (Å²) in [5, 5.41) is 11.3. The largest absolute Gasteiger partial charge is 0.456 e. The molecule has 0 fully saturated rings. The Morgan fingerprint density at radius 1 is 0.537 bits per heavy atom. The molecule has 41 heavy (non-hydrogen) atoms. The molecule has 0 aliphatic heterocycles. The summed E-state index contributed by atoms with van der Waals surface area (Å²) in [5.74, 6) is 0. The number of hydrogen-bond acceptors (Lipinski definition) is 4. The molecule has 0 radical (unpaired) electrons. The van der Waals surface area contributed by atoms with Crippen LogP contribution in [0.3, 0.4) is 0 Å². The van der Waals surface area contributed by atoms with Crippen molar-refractivity contribution in [2.24, 2.45) is 0 Å². The maximum Gasteiger partial charge on any atom is 0.205 e. The predicted octanol–water partition coefficient (Wildman–Crippen LogP) is 9.47. The molecule has 190 valence electrons. The predicted molar refractivity (Wildman–Crippen MR) is 162 cm³/mol. The van der Waals surface area contributed by atoms with Crippen molar-refractivity contribution < 1.29 is 4.42 Å². The Kier molecular flexibility index (Phi) is 5.82. The van der Waals surface area contributed by atoms with Gasteiger partial charge in [0.1, 0.15) is 17.2 Å². The van der Waals surface area contributed by atoms with Crippen LogP contribution in [0, 0.1) is 17.9 Å². The number of furan rings is 1. The van der Waals surface area contributed by atoms with Gasteiger partial charge in [-0.15, -0.1) is 0 Å². The molecule has 0 saturated heterocycles. The van der Waals surface area contributed by atoms with Gasteiger partial charge in [0.25, 0.3) is 0 Å². The van der Waals surface area contributed by atoms with Crippen LogP contribution in [-0.4, -0.2) is 9.97 Å². The molecule has 5 nitrogen and oxygen atoms in total. The third kappa shape index (κ3) is 4.48. The van der Waals surface area contributed by atoms with Gasteiger partial charge >= 0.3 is 0 Å². The van der Waals surface area contributed by atoms with E-state index in [9.17, 15) is 5.26 Å². The Labute approximate surface area is 236 Å². The van der Waals surface area contributed by atoms with Crippen LogP contribution in [0.5, 0.6) is 0 Å². The van der Waals surface area contributed by atoms with E-state index in [1.54, 1.807) is 24.8 Å². The Hall–Kier alpha value is -6.04. The minimum absolute atomic E-state index is 0.530. The van der Waals surface area contributed by atoms with Crippen LogP contribution in [-0.2, 0) is 0 Å². The van der Waals surface area contributed by atoms with Gasteiger partial charge in [0.15, 0.2) is 0 Å². The lowest BCUT2D eigenvalue weighted by Gasteiger charge is -2.06. The Balaban J connectivity index is 1.22. The van der Waals surface area contributed by atoms with Gasteiger partial charge in [-0.3, -0.25) is 9.97 Å². The number of rotatable bonds is 4. The van der Waals surface area contributed by atoms with Crippen molar-refractivity contribution in [3.8, 4) is 50.6 Å². The van der Waals surface area contributed by atoms with Crippen LogP contribution in [0.25, 0.3) is 71.3 Å². The first kappa shape index (κ1) is 24.0. The third-order valence-electron chi connectivity index (χ3n) is 7.29. The molecule has 0 unspecified atom stereocenters. The molecule has 7 aromatic rings. The van der Waals surface area contributed by atoms with Gasteiger partial charge in [0.2, 0.25) is 5.69 Å². The molecule has 0 saturated carbocycles. The number of benzene rings is 4. The maximum absolute atomic E-state index is 9.19. The van der Waals surface area contributed by atoms with Crippen LogP contribution in [0.2, 0.25) is 0 Å². The van der Waals surface area contributed by atoms with Crippen molar-refractivity contribution in [3.63, 3.8) is 0 Å². The van der Waals surface area contributed by atoms with E-state index >= 15 is 0 Å². The number of hydrogen-bond donors (Lipinski definition) is 0. The molecule has 0 bridgehead atoms. The van der Waals surface area contributed by atoms with E-state index in [0.717, 1.165) is 66.4 Å². The SMILES string of the molecule is [C-]#[N+]c1cncc(-c2ccc(-c3ccc4oc5ccc(-c6ccc(-c7cncc(C#N)c7)cc6)cc5c4c3)cc2)c1. The summed E-state index contributed by atoms with van der Waals surface area (Å²) in [4.78, 5) is 11.8. The van der Waals surface area contributed by atoms with Gasteiger partial charge in [0, 0.05) is 41.1 Å². The van der Waals surface area contributed by atoms with Crippen LogP contribution in [0.4, 0.5) is 5.69 Å². The van der Waals surface area contributed by atoms with Crippen molar-refractivity contribution in [1.29, 1.82) is 5.26 Å².